The van der Waals surface area contributed by atoms with Crippen molar-refractivity contribution in [1.29, 1.82) is 0 Å². The summed E-state index contributed by atoms with van der Waals surface area (Å²) in [6.07, 6.45) is 24.1. The average Bonchev–Trinajstić information content (AvgIpc) is 3.19. The molecule has 200 valence electrons. The van der Waals surface area contributed by atoms with E-state index in [1.807, 2.05) is 0 Å². The maximum Gasteiger partial charge on any atom is 0.306 e. The van der Waals surface area contributed by atoms with Crippen molar-refractivity contribution in [2.75, 3.05) is 0 Å². The van der Waals surface area contributed by atoms with Gasteiger partial charge in [0.2, 0.25) is 0 Å². The second kappa shape index (κ2) is 11.7. The van der Waals surface area contributed by atoms with E-state index in [0.29, 0.717) is 17.3 Å². The summed E-state index contributed by atoms with van der Waals surface area (Å²) in [6.45, 7) is 12.4. The van der Waals surface area contributed by atoms with Gasteiger partial charge in [-0.3, -0.25) is 4.79 Å². The predicted octanol–water partition coefficient (Wildman–Crippen LogP) is 9.66. The Hall–Kier alpha value is -0.790. The smallest absolute Gasteiger partial charge is 0.306 e. The molecule has 0 bridgehead atoms. The van der Waals surface area contributed by atoms with Crippen molar-refractivity contribution >= 4 is 5.97 Å². The highest BCUT2D eigenvalue weighted by molar-refractivity contribution is 5.69. The Labute approximate surface area is 217 Å². The summed E-state index contributed by atoms with van der Waals surface area (Å²) in [6, 6.07) is 0. The molecule has 4 aliphatic carbocycles. The zero-order valence-electron chi connectivity index (χ0n) is 23.9. The lowest BCUT2D eigenvalue weighted by Gasteiger charge is -2.58. The van der Waals surface area contributed by atoms with Gasteiger partial charge in [0.05, 0.1) is 0 Å². The van der Waals surface area contributed by atoms with E-state index in [4.69, 9.17) is 4.74 Å². The standard InChI is InChI=1S/C33H56O2/c1-6-8-10-12-13-24(3)28-17-18-29-27-16-15-25-23-26(35-31(34)14-11-9-7-2)19-21-32(25,4)30(27)20-22-33(28,29)5/h15,24,26-30H,6-14,16-23H2,1-5H3. The molecule has 0 heterocycles. The number of unbranched alkanes of at least 4 members (excludes halogenated alkanes) is 5. The molecule has 3 saturated carbocycles. The molecule has 4 aliphatic rings. The van der Waals surface area contributed by atoms with E-state index < -0.39 is 0 Å². The highest BCUT2D eigenvalue weighted by Crippen LogP contribution is 2.67. The van der Waals surface area contributed by atoms with Gasteiger partial charge in [-0.05, 0) is 91.8 Å². The molecule has 3 fully saturated rings. The SMILES string of the molecule is CCCCCCC(C)C1CCC2C3CC=C4CC(OC(=O)CCCCC)CCC4(C)C3CCC12C. The number of carbonyl (C=O) groups is 1. The maximum atomic E-state index is 12.4. The molecule has 35 heavy (non-hydrogen) atoms. The molecule has 8 atom stereocenters. The van der Waals surface area contributed by atoms with E-state index >= 15 is 0 Å². The van der Waals surface area contributed by atoms with Gasteiger partial charge in [-0.15, -0.1) is 0 Å². The van der Waals surface area contributed by atoms with Gasteiger partial charge in [-0.1, -0.05) is 91.2 Å². The minimum absolute atomic E-state index is 0.0376. The normalized spacial score (nSPS) is 39.2. The number of fused-ring (bicyclic) bond motifs is 5. The molecule has 0 aromatic heterocycles. The van der Waals surface area contributed by atoms with Crippen LogP contribution in [-0.2, 0) is 9.53 Å². The summed E-state index contributed by atoms with van der Waals surface area (Å²) >= 11 is 0. The fourth-order valence-corrected chi connectivity index (χ4v) is 9.56. The Balaban J connectivity index is 1.38. The average molecular weight is 485 g/mol. The van der Waals surface area contributed by atoms with Crippen LogP contribution in [0.1, 0.15) is 144 Å². The van der Waals surface area contributed by atoms with Crippen molar-refractivity contribution in [2.45, 2.75) is 150 Å². The summed E-state index contributed by atoms with van der Waals surface area (Å²) in [7, 11) is 0. The van der Waals surface area contributed by atoms with Crippen molar-refractivity contribution in [3.8, 4) is 0 Å². The van der Waals surface area contributed by atoms with Crippen LogP contribution in [0.2, 0.25) is 0 Å². The number of ether oxygens (including phenoxy) is 1. The first-order valence-electron chi connectivity index (χ1n) is 15.7. The predicted molar refractivity (Wildman–Crippen MR) is 147 cm³/mol. The largest absolute Gasteiger partial charge is 0.462 e. The Morgan fingerprint density at radius 2 is 1.74 bits per heavy atom. The molecule has 0 amide bonds. The lowest BCUT2D eigenvalue weighted by molar-refractivity contribution is -0.151. The van der Waals surface area contributed by atoms with Crippen LogP contribution >= 0.6 is 0 Å². The fraction of sp³-hybridized carbons (Fsp3) is 0.909. The van der Waals surface area contributed by atoms with E-state index in [2.05, 4.69) is 40.7 Å². The van der Waals surface area contributed by atoms with Gasteiger partial charge in [-0.25, -0.2) is 0 Å². The lowest BCUT2D eigenvalue weighted by atomic mass is 9.47. The van der Waals surface area contributed by atoms with Crippen LogP contribution < -0.4 is 0 Å². The zero-order valence-corrected chi connectivity index (χ0v) is 23.9. The molecule has 0 aromatic carbocycles. The Kier molecular flexibility index (Phi) is 9.13. The van der Waals surface area contributed by atoms with Crippen molar-refractivity contribution in [2.24, 2.45) is 40.4 Å². The number of rotatable bonds is 11. The fourth-order valence-electron chi connectivity index (χ4n) is 9.56. The van der Waals surface area contributed by atoms with E-state index in [-0.39, 0.29) is 12.1 Å². The van der Waals surface area contributed by atoms with Crippen LogP contribution in [0.5, 0.6) is 0 Å². The summed E-state index contributed by atoms with van der Waals surface area (Å²) < 4.78 is 5.96. The maximum absolute atomic E-state index is 12.4. The summed E-state index contributed by atoms with van der Waals surface area (Å²) in [5, 5.41) is 0. The molecule has 2 heteroatoms. The van der Waals surface area contributed by atoms with Gasteiger partial charge in [0.1, 0.15) is 6.10 Å². The second-order valence-electron chi connectivity index (χ2n) is 13.6. The lowest BCUT2D eigenvalue weighted by Crippen LogP contribution is -2.51. The molecule has 0 N–H and O–H groups in total. The quantitative estimate of drug-likeness (QED) is 0.166. The Morgan fingerprint density at radius 1 is 0.971 bits per heavy atom. The Bertz CT molecular complexity index is 739. The van der Waals surface area contributed by atoms with E-state index in [0.717, 1.165) is 61.7 Å². The van der Waals surface area contributed by atoms with Crippen LogP contribution in [0.4, 0.5) is 0 Å². The highest BCUT2D eigenvalue weighted by Gasteiger charge is 2.59. The third kappa shape index (κ3) is 5.57. The number of allylic oxidation sites excluding steroid dienone is 1. The first-order valence-corrected chi connectivity index (χ1v) is 15.7. The third-order valence-electron chi connectivity index (χ3n) is 11.6. The van der Waals surface area contributed by atoms with Crippen molar-refractivity contribution in [1.82, 2.24) is 0 Å². The van der Waals surface area contributed by atoms with Crippen LogP contribution in [0.15, 0.2) is 11.6 Å². The topological polar surface area (TPSA) is 26.3 Å². The monoisotopic (exact) mass is 484 g/mol. The molecular formula is C33H56O2. The van der Waals surface area contributed by atoms with Gasteiger partial charge in [-0.2, -0.15) is 0 Å². The Morgan fingerprint density at radius 3 is 2.51 bits per heavy atom. The van der Waals surface area contributed by atoms with Gasteiger partial charge in [0.15, 0.2) is 0 Å². The van der Waals surface area contributed by atoms with Gasteiger partial charge in [0, 0.05) is 12.8 Å². The first kappa shape index (κ1) is 27.3. The van der Waals surface area contributed by atoms with E-state index in [1.165, 1.54) is 70.6 Å². The molecular weight excluding hydrogens is 428 g/mol. The first-order chi connectivity index (χ1) is 16.8. The molecule has 2 nitrogen and oxygen atoms in total. The molecule has 0 aliphatic heterocycles. The number of carbonyl (C=O) groups excluding carboxylic acids is 1. The number of hydrogen-bond donors (Lipinski definition) is 0. The summed E-state index contributed by atoms with van der Waals surface area (Å²) in [4.78, 5) is 12.4. The second-order valence-corrected chi connectivity index (χ2v) is 13.6. The minimum atomic E-state index is 0.0376. The minimum Gasteiger partial charge on any atom is -0.462 e. The van der Waals surface area contributed by atoms with Crippen molar-refractivity contribution < 1.29 is 9.53 Å². The molecule has 0 aromatic rings. The van der Waals surface area contributed by atoms with Crippen LogP contribution in [0.25, 0.3) is 0 Å². The number of esters is 1. The molecule has 0 saturated heterocycles. The number of hydrogen-bond acceptors (Lipinski definition) is 2. The highest BCUT2D eigenvalue weighted by atomic mass is 16.5. The third-order valence-corrected chi connectivity index (χ3v) is 11.6. The summed E-state index contributed by atoms with van der Waals surface area (Å²) in [5.74, 6) is 4.53. The van der Waals surface area contributed by atoms with Crippen LogP contribution in [-0.4, -0.2) is 12.1 Å². The zero-order chi connectivity index (χ0) is 25.1. The van der Waals surface area contributed by atoms with Crippen molar-refractivity contribution in [3.63, 3.8) is 0 Å². The van der Waals surface area contributed by atoms with Gasteiger partial charge in [0.25, 0.3) is 0 Å². The van der Waals surface area contributed by atoms with Crippen LogP contribution in [0.3, 0.4) is 0 Å². The van der Waals surface area contributed by atoms with Crippen molar-refractivity contribution in [3.05, 3.63) is 11.6 Å². The molecule has 4 rings (SSSR count). The molecule has 8 unspecified atom stereocenters. The van der Waals surface area contributed by atoms with Gasteiger partial charge < -0.3 is 4.74 Å². The summed E-state index contributed by atoms with van der Waals surface area (Å²) in [5.41, 5.74) is 2.55. The molecule has 0 spiro atoms. The molecule has 0 radical (unpaired) electrons. The van der Waals surface area contributed by atoms with E-state index in [1.54, 1.807) is 5.57 Å². The van der Waals surface area contributed by atoms with Crippen LogP contribution in [0, 0.1) is 40.4 Å². The van der Waals surface area contributed by atoms with E-state index in [9.17, 15) is 4.79 Å². The van der Waals surface area contributed by atoms with Gasteiger partial charge >= 0.3 is 5.97 Å².